The van der Waals surface area contributed by atoms with Crippen molar-refractivity contribution in [2.45, 2.75) is 6.04 Å². The van der Waals surface area contributed by atoms with Crippen LogP contribution in [0.2, 0.25) is 0 Å². The molecule has 60 valence electrons. The third kappa shape index (κ3) is 1.50. The second-order valence-corrected chi connectivity index (χ2v) is 2.74. The average molecular weight is 175 g/mol. The molecule has 0 amide bonds. The average Bonchev–Trinajstić information content (AvgIpc) is 2.07. The molecule has 0 spiro atoms. The lowest BCUT2D eigenvalue weighted by molar-refractivity contribution is 0.963. The molecule has 0 aromatic carbocycles. The fourth-order valence-corrected chi connectivity index (χ4v) is 1.10. The van der Waals surface area contributed by atoms with Crippen LogP contribution in [0.25, 0.3) is 0 Å². The van der Waals surface area contributed by atoms with Gasteiger partial charge in [0.05, 0.1) is 5.16 Å². The maximum Gasteiger partial charge on any atom is 0.104 e. The van der Waals surface area contributed by atoms with Crippen LogP contribution in [0.4, 0.5) is 0 Å². The Morgan fingerprint density at radius 1 is 1.42 bits per heavy atom. The van der Waals surface area contributed by atoms with E-state index in [1.165, 1.54) is 0 Å². The van der Waals surface area contributed by atoms with Crippen molar-refractivity contribution in [3.8, 4) is 0 Å². The number of aliphatic imine (C=N–C) groups is 1. The van der Waals surface area contributed by atoms with Crippen molar-refractivity contribution in [2.24, 2.45) is 4.99 Å². The molecule has 0 N–H and O–H groups in total. The lowest BCUT2D eigenvalue weighted by Gasteiger charge is -2.18. The van der Waals surface area contributed by atoms with Crippen LogP contribution in [0.5, 0.6) is 0 Å². The van der Waals surface area contributed by atoms with Crippen LogP contribution in [-0.2, 0) is 0 Å². The van der Waals surface area contributed by atoms with Crippen molar-refractivity contribution in [1.29, 1.82) is 0 Å². The summed E-state index contributed by atoms with van der Waals surface area (Å²) < 4.78 is 0. The molecule has 2 heteroatoms. The molecule has 0 fully saturated rings. The molecule has 0 aliphatic heterocycles. The normalized spacial score (nSPS) is 22.3. The highest BCUT2D eigenvalue weighted by molar-refractivity contribution is 7.78. The van der Waals surface area contributed by atoms with E-state index >= 15 is 0 Å². The van der Waals surface area contributed by atoms with Crippen molar-refractivity contribution in [2.75, 3.05) is 0 Å². The maximum atomic E-state index is 4.51. The van der Waals surface area contributed by atoms with Gasteiger partial charge in [0.1, 0.15) is 6.04 Å². The quantitative estimate of drug-likeness (QED) is 0.441. The first-order valence-corrected chi connectivity index (χ1v) is 3.90. The summed E-state index contributed by atoms with van der Waals surface area (Å²) in [6.45, 7) is 11.5. The Morgan fingerprint density at radius 2 is 2.08 bits per heavy atom. The zero-order chi connectivity index (χ0) is 9.14. The largest absolute Gasteiger partial charge is 0.220 e. The molecular weight excluding hydrogens is 166 g/mol. The molecule has 12 heavy (non-hydrogen) atoms. The smallest absolute Gasteiger partial charge is 0.104 e. The Kier molecular flexibility index (Phi) is 2.54. The van der Waals surface area contributed by atoms with Gasteiger partial charge in [0, 0.05) is 0 Å². The van der Waals surface area contributed by atoms with Gasteiger partial charge in [-0.25, -0.2) is 4.99 Å². The van der Waals surface area contributed by atoms with E-state index in [9.17, 15) is 0 Å². The lowest BCUT2D eigenvalue weighted by atomic mass is 9.90. The van der Waals surface area contributed by atoms with Crippen molar-refractivity contribution in [3.05, 3.63) is 48.6 Å². The Morgan fingerprint density at radius 3 is 2.67 bits per heavy atom. The van der Waals surface area contributed by atoms with Crippen LogP contribution in [0, 0.1) is 0 Å². The highest BCUT2D eigenvalue weighted by atomic mass is 32.1. The molecule has 0 radical (unpaired) electrons. The Bertz CT molecular complexity index is 330. The molecule has 0 saturated carbocycles. The molecule has 0 heterocycles. The molecule has 1 rings (SSSR count). The van der Waals surface area contributed by atoms with E-state index in [4.69, 9.17) is 0 Å². The van der Waals surface area contributed by atoms with Gasteiger partial charge >= 0.3 is 0 Å². The number of nitrogens with zero attached hydrogens (tertiary/aromatic N) is 1. The zero-order valence-electron chi connectivity index (χ0n) is 6.71. The summed E-state index contributed by atoms with van der Waals surface area (Å²) in [4.78, 5) is 3.93. The summed E-state index contributed by atoms with van der Waals surface area (Å²) in [7, 11) is 0. The van der Waals surface area contributed by atoms with E-state index in [1.54, 1.807) is 0 Å². The first-order valence-electron chi connectivity index (χ1n) is 3.49. The molecular formula is C10H9NS. The Balaban J connectivity index is 3.04. The number of allylic oxidation sites excluding steroid dienone is 2. The zero-order valence-corrected chi connectivity index (χ0v) is 7.53. The highest BCUT2D eigenvalue weighted by Gasteiger charge is 2.15. The molecule has 0 bridgehead atoms. The van der Waals surface area contributed by atoms with Crippen LogP contribution < -0.4 is 0 Å². The van der Waals surface area contributed by atoms with E-state index in [0.29, 0.717) is 0 Å². The van der Waals surface area contributed by atoms with Crippen LogP contribution in [0.15, 0.2) is 53.6 Å². The second-order valence-electron chi connectivity index (χ2n) is 2.55. The third-order valence-corrected chi connectivity index (χ3v) is 1.91. The minimum Gasteiger partial charge on any atom is -0.220 e. The minimum atomic E-state index is -0.0968. The summed E-state index contributed by atoms with van der Waals surface area (Å²) in [6, 6.07) is -0.0968. The van der Waals surface area contributed by atoms with Crippen LogP contribution in [0.3, 0.4) is 0 Å². The third-order valence-electron chi connectivity index (χ3n) is 1.80. The van der Waals surface area contributed by atoms with Gasteiger partial charge in [-0.2, -0.15) is 0 Å². The number of hydrogen-bond donors (Lipinski definition) is 0. The second kappa shape index (κ2) is 3.44. The fraction of sp³-hybridized carbons (Fsp3) is 0.100. The van der Waals surface area contributed by atoms with E-state index < -0.39 is 0 Å². The molecule has 1 aliphatic carbocycles. The van der Waals surface area contributed by atoms with Gasteiger partial charge < -0.3 is 0 Å². The minimum absolute atomic E-state index is 0.0968. The van der Waals surface area contributed by atoms with E-state index in [2.05, 4.69) is 42.1 Å². The number of isothiocyanates is 1. The van der Waals surface area contributed by atoms with E-state index in [0.717, 1.165) is 16.7 Å². The Labute approximate surface area is 77.5 Å². The molecule has 1 atom stereocenters. The lowest BCUT2D eigenvalue weighted by Crippen LogP contribution is -2.10. The van der Waals surface area contributed by atoms with Crippen LogP contribution in [-0.4, -0.2) is 11.2 Å². The predicted molar refractivity (Wildman–Crippen MR) is 55.4 cm³/mol. The first-order chi connectivity index (χ1) is 5.66. The monoisotopic (exact) mass is 175 g/mol. The van der Waals surface area contributed by atoms with Gasteiger partial charge in [-0.15, -0.1) is 0 Å². The SMILES string of the molecule is C=C1C=CC(N=C=S)C(=C)C1=C. The number of rotatable bonds is 1. The van der Waals surface area contributed by atoms with Crippen molar-refractivity contribution < 1.29 is 0 Å². The first kappa shape index (κ1) is 8.85. The molecule has 1 unspecified atom stereocenters. The fourth-order valence-electron chi connectivity index (χ4n) is 0.987. The maximum absolute atomic E-state index is 4.51. The topological polar surface area (TPSA) is 12.4 Å². The summed E-state index contributed by atoms with van der Waals surface area (Å²) in [5.74, 6) is 0. The molecule has 0 aromatic rings. The van der Waals surface area contributed by atoms with Crippen LogP contribution in [0.1, 0.15) is 0 Å². The Hall–Kier alpha value is -1.24. The summed E-state index contributed by atoms with van der Waals surface area (Å²) >= 11 is 4.51. The van der Waals surface area contributed by atoms with E-state index in [-0.39, 0.29) is 6.04 Å². The summed E-state index contributed by atoms with van der Waals surface area (Å²) in [5.41, 5.74) is 2.58. The van der Waals surface area contributed by atoms with Crippen molar-refractivity contribution in [3.63, 3.8) is 0 Å². The van der Waals surface area contributed by atoms with E-state index in [1.807, 2.05) is 12.2 Å². The standard InChI is InChI=1S/C10H9NS/c1-7-4-5-10(11-6-12)9(3)8(7)2/h4-5,10H,1-3H2. The van der Waals surface area contributed by atoms with Gasteiger partial charge in [-0.1, -0.05) is 31.9 Å². The number of thiocarbonyl (C=S) groups is 1. The van der Waals surface area contributed by atoms with Crippen LogP contribution >= 0.6 is 12.2 Å². The highest BCUT2D eigenvalue weighted by Crippen LogP contribution is 2.26. The van der Waals surface area contributed by atoms with Gasteiger partial charge in [0.25, 0.3) is 0 Å². The van der Waals surface area contributed by atoms with Crippen molar-refractivity contribution >= 4 is 17.4 Å². The van der Waals surface area contributed by atoms with Gasteiger partial charge in [-0.3, -0.25) is 0 Å². The number of hydrogen-bond acceptors (Lipinski definition) is 2. The van der Waals surface area contributed by atoms with Gasteiger partial charge in [0.2, 0.25) is 0 Å². The molecule has 1 aliphatic rings. The van der Waals surface area contributed by atoms with Crippen molar-refractivity contribution in [1.82, 2.24) is 0 Å². The molecule has 1 nitrogen and oxygen atoms in total. The molecule has 0 aromatic heterocycles. The predicted octanol–water partition coefficient (Wildman–Crippen LogP) is 2.70. The van der Waals surface area contributed by atoms with Gasteiger partial charge in [0.15, 0.2) is 0 Å². The molecule has 0 saturated heterocycles. The van der Waals surface area contributed by atoms with Gasteiger partial charge in [-0.05, 0) is 28.9 Å². The summed E-state index contributed by atoms with van der Waals surface area (Å²) in [5, 5.41) is 2.33. The summed E-state index contributed by atoms with van der Waals surface area (Å²) in [6.07, 6.45) is 3.76.